The Hall–Kier alpha value is -4.15. The molecule has 0 atom stereocenters. The second-order valence-corrected chi connectivity index (χ2v) is 8.30. The maximum absolute atomic E-state index is 11.1. The van der Waals surface area contributed by atoms with E-state index in [2.05, 4.69) is 20.5 Å². The van der Waals surface area contributed by atoms with Gasteiger partial charge in [-0.3, -0.25) is 4.55 Å². The molecule has 166 valence electrons. The molecule has 2 N–H and O–H groups in total. The summed E-state index contributed by atoms with van der Waals surface area (Å²) in [4.78, 5) is -0.227. The van der Waals surface area contributed by atoms with Gasteiger partial charge in [0.05, 0.1) is 23.4 Å². The number of phenols is 1. The highest BCUT2D eigenvalue weighted by Crippen LogP contribution is 2.38. The zero-order chi connectivity index (χ0) is 23.4. The van der Waals surface area contributed by atoms with E-state index in [0.717, 1.165) is 10.8 Å². The summed E-state index contributed by atoms with van der Waals surface area (Å²) in [6.07, 6.45) is 0. The van der Waals surface area contributed by atoms with Crippen LogP contribution in [0, 0.1) is 0 Å². The minimum Gasteiger partial charge on any atom is -0.506 e. The molecule has 4 rings (SSSR count). The van der Waals surface area contributed by atoms with Crippen LogP contribution in [0.2, 0.25) is 0 Å². The largest absolute Gasteiger partial charge is 0.506 e. The van der Waals surface area contributed by atoms with E-state index in [9.17, 15) is 13.5 Å². The van der Waals surface area contributed by atoms with E-state index in [4.69, 9.17) is 9.29 Å². The Balaban J connectivity index is 1.59. The second kappa shape index (κ2) is 9.15. The fourth-order valence-corrected chi connectivity index (χ4v) is 3.54. The van der Waals surface area contributed by atoms with Crippen LogP contribution >= 0.6 is 0 Å². The number of methoxy groups -OCH3 is 1. The molecule has 0 heterocycles. The standard InChI is InChI=1S/C23H18N4O5S/c1-32-22-14-17(25-24-16-7-10-18(11-8-16)33(29,30)31)9-12-20(22)26-27-23-19-5-3-2-4-15(19)6-13-21(23)28/h2-14,28H,1H3,(H,29,30,31). The summed E-state index contributed by atoms with van der Waals surface area (Å²) in [6.45, 7) is 0. The molecule has 9 nitrogen and oxygen atoms in total. The average molecular weight is 462 g/mol. The summed E-state index contributed by atoms with van der Waals surface area (Å²) in [5.74, 6) is 0.415. The van der Waals surface area contributed by atoms with E-state index in [-0.39, 0.29) is 10.6 Å². The Bertz CT molecular complexity index is 1480. The van der Waals surface area contributed by atoms with Crippen molar-refractivity contribution in [3.8, 4) is 11.5 Å². The number of phenolic OH excluding ortho intramolecular Hbond substituents is 1. The van der Waals surface area contributed by atoms with Gasteiger partial charge < -0.3 is 9.84 Å². The zero-order valence-electron chi connectivity index (χ0n) is 17.3. The third-order valence-electron chi connectivity index (χ3n) is 4.72. The van der Waals surface area contributed by atoms with Gasteiger partial charge in [0, 0.05) is 11.5 Å². The van der Waals surface area contributed by atoms with Gasteiger partial charge in [0.2, 0.25) is 0 Å². The molecule has 4 aromatic rings. The molecule has 0 saturated heterocycles. The first-order valence-electron chi connectivity index (χ1n) is 9.65. The van der Waals surface area contributed by atoms with Crippen molar-refractivity contribution in [1.82, 2.24) is 0 Å². The van der Waals surface area contributed by atoms with Crippen molar-refractivity contribution in [3.05, 3.63) is 78.9 Å². The lowest BCUT2D eigenvalue weighted by molar-refractivity contribution is 0.416. The van der Waals surface area contributed by atoms with E-state index in [0.29, 0.717) is 28.5 Å². The number of azo groups is 2. The first-order valence-corrected chi connectivity index (χ1v) is 11.1. The summed E-state index contributed by atoms with van der Waals surface area (Å²) >= 11 is 0. The highest BCUT2D eigenvalue weighted by atomic mass is 32.2. The minimum atomic E-state index is -4.26. The van der Waals surface area contributed by atoms with Crippen LogP contribution in [-0.2, 0) is 10.1 Å². The van der Waals surface area contributed by atoms with Gasteiger partial charge in [-0.15, -0.1) is 10.2 Å². The van der Waals surface area contributed by atoms with Crippen molar-refractivity contribution in [1.29, 1.82) is 0 Å². The molecule has 33 heavy (non-hydrogen) atoms. The maximum atomic E-state index is 11.1. The van der Waals surface area contributed by atoms with Crippen molar-refractivity contribution < 1.29 is 22.8 Å². The van der Waals surface area contributed by atoms with Crippen LogP contribution in [0.1, 0.15) is 0 Å². The molecule has 0 radical (unpaired) electrons. The van der Waals surface area contributed by atoms with Crippen molar-refractivity contribution in [2.24, 2.45) is 20.5 Å². The third-order valence-corrected chi connectivity index (χ3v) is 5.58. The van der Waals surface area contributed by atoms with Gasteiger partial charge in [0.1, 0.15) is 22.9 Å². The molecule has 4 aromatic carbocycles. The maximum Gasteiger partial charge on any atom is 0.294 e. The van der Waals surface area contributed by atoms with Crippen LogP contribution in [0.15, 0.2) is 104 Å². The Kier molecular flexibility index (Phi) is 6.11. The Morgan fingerprint density at radius 3 is 2.21 bits per heavy atom. The monoisotopic (exact) mass is 462 g/mol. The number of hydrogen-bond donors (Lipinski definition) is 2. The topological polar surface area (TPSA) is 133 Å². The molecule has 0 saturated carbocycles. The fraction of sp³-hybridized carbons (Fsp3) is 0.0435. The average Bonchev–Trinajstić information content (AvgIpc) is 2.82. The van der Waals surface area contributed by atoms with Crippen LogP contribution in [0.5, 0.6) is 11.5 Å². The molecule has 0 bridgehead atoms. The van der Waals surface area contributed by atoms with Gasteiger partial charge in [-0.2, -0.15) is 18.6 Å². The Morgan fingerprint density at radius 2 is 1.48 bits per heavy atom. The number of ether oxygens (including phenoxy) is 1. The van der Waals surface area contributed by atoms with Crippen molar-refractivity contribution >= 4 is 43.6 Å². The number of hydrogen-bond acceptors (Lipinski definition) is 8. The van der Waals surface area contributed by atoms with Crippen LogP contribution < -0.4 is 4.74 Å². The summed E-state index contributed by atoms with van der Waals surface area (Å²) in [5.41, 5.74) is 1.66. The quantitative estimate of drug-likeness (QED) is 0.245. The summed E-state index contributed by atoms with van der Waals surface area (Å²) in [6, 6.07) is 21.1. The van der Waals surface area contributed by atoms with E-state index >= 15 is 0 Å². The molecule has 0 aromatic heterocycles. The molecular formula is C23H18N4O5S. The molecule has 0 fully saturated rings. The molecule has 0 spiro atoms. The number of aromatic hydroxyl groups is 1. The zero-order valence-corrected chi connectivity index (χ0v) is 18.1. The number of nitrogens with zero attached hydrogens (tertiary/aromatic N) is 4. The van der Waals surface area contributed by atoms with Crippen LogP contribution in [0.3, 0.4) is 0 Å². The first-order chi connectivity index (χ1) is 15.8. The molecule has 0 aliphatic heterocycles. The second-order valence-electron chi connectivity index (χ2n) is 6.88. The normalized spacial score (nSPS) is 12.1. The SMILES string of the molecule is COc1cc(N=Nc2ccc(S(=O)(=O)O)cc2)ccc1N=Nc1c(O)ccc2ccccc12. The van der Waals surface area contributed by atoms with E-state index < -0.39 is 10.1 Å². The molecule has 0 unspecified atom stereocenters. The predicted molar refractivity (Wildman–Crippen MR) is 123 cm³/mol. The Morgan fingerprint density at radius 1 is 0.788 bits per heavy atom. The molecular weight excluding hydrogens is 444 g/mol. The van der Waals surface area contributed by atoms with E-state index in [1.54, 1.807) is 30.3 Å². The smallest absolute Gasteiger partial charge is 0.294 e. The number of fused-ring (bicyclic) bond motifs is 1. The van der Waals surface area contributed by atoms with Gasteiger partial charge >= 0.3 is 0 Å². The molecule has 0 aliphatic rings. The van der Waals surface area contributed by atoms with Gasteiger partial charge in [0.25, 0.3) is 10.1 Å². The number of rotatable bonds is 6. The number of benzene rings is 4. The van der Waals surface area contributed by atoms with Crippen LogP contribution in [0.25, 0.3) is 10.8 Å². The third kappa shape index (κ3) is 5.03. The first kappa shape index (κ1) is 22.1. The highest BCUT2D eigenvalue weighted by Gasteiger charge is 2.09. The van der Waals surface area contributed by atoms with Crippen LogP contribution in [-0.4, -0.2) is 25.2 Å². The van der Waals surface area contributed by atoms with Crippen molar-refractivity contribution in [2.75, 3.05) is 7.11 Å². The lowest BCUT2D eigenvalue weighted by Crippen LogP contribution is -1.96. The van der Waals surface area contributed by atoms with Gasteiger partial charge in [0.15, 0.2) is 0 Å². The van der Waals surface area contributed by atoms with Crippen LogP contribution in [0.4, 0.5) is 22.7 Å². The van der Waals surface area contributed by atoms with Gasteiger partial charge in [-0.25, -0.2) is 0 Å². The fourth-order valence-electron chi connectivity index (χ4n) is 3.06. The molecule has 0 amide bonds. The summed E-state index contributed by atoms with van der Waals surface area (Å²) in [5, 5.41) is 28.6. The van der Waals surface area contributed by atoms with Crippen molar-refractivity contribution in [2.45, 2.75) is 4.90 Å². The molecule has 10 heteroatoms. The van der Waals surface area contributed by atoms with E-state index in [1.807, 2.05) is 24.3 Å². The highest BCUT2D eigenvalue weighted by molar-refractivity contribution is 7.85. The minimum absolute atomic E-state index is 0.0156. The predicted octanol–water partition coefficient (Wildman–Crippen LogP) is 6.63. The van der Waals surface area contributed by atoms with E-state index in [1.165, 1.54) is 31.4 Å². The Labute approximate surface area is 189 Å². The van der Waals surface area contributed by atoms with Gasteiger partial charge in [-0.1, -0.05) is 30.3 Å². The van der Waals surface area contributed by atoms with Gasteiger partial charge in [-0.05, 0) is 47.9 Å². The molecule has 0 aliphatic carbocycles. The lowest BCUT2D eigenvalue weighted by Gasteiger charge is -2.06. The lowest BCUT2D eigenvalue weighted by atomic mass is 10.1. The van der Waals surface area contributed by atoms with Crippen molar-refractivity contribution in [3.63, 3.8) is 0 Å². The summed E-state index contributed by atoms with van der Waals surface area (Å²) < 4.78 is 36.6. The summed E-state index contributed by atoms with van der Waals surface area (Å²) in [7, 11) is -2.78.